The van der Waals surface area contributed by atoms with Gasteiger partial charge < -0.3 is 10.3 Å². The lowest BCUT2D eigenvalue weighted by Crippen LogP contribution is -2.15. The SMILES string of the molecule is CCn1nc(C)c(Cl)c1Cn1cc2c(c1)C(N)CCC2. The summed E-state index contributed by atoms with van der Waals surface area (Å²) >= 11 is 6.38. The minimum absolute atomic E-state index is 0.188. The zero-order chi connectivity index (χ0) is 14.3. The van der Waals surface area contributed by atoms with Crippen molar-refractivity contribution < 1.29 is 0 Å². The molecule has 2 aromatic rings. The molecule has 1 unspecified atom stereocenters. The second kappa shape index (κ2) is 5.26. The zero-order valence-electron chi connectivity index (χ0n) is 12.1. The molecule has 2 N–H and O–H groups in total. The summed E-state index contributed by atoms with van der Waals surface area (Å²) in [6.45, 7) is 5.63. The molecule has 2 heterocycles. The van der Waals surface area contributed by atoms with Gasteiger partial charge in [0, 0.05) is 25.0 Å². The van der Waals surface area contributed by atoms with Crippen LogP contribution < -0.4 is 5.73 Å². The third kappa shape index (κ3) is 2.27. The van der Waals surface area contributed by atoms with Crippen molar-refractivity contribution in [1.29, 1.82) is 0 Å². The first kappa shape index (κ1) is 13.7. The fourth-order valence-electron chi connectivity index (χ4n) is 3.07. The number of fused-ring (bicyclic) bond motifs is 1. The molecule has 0 spiro atoms. The van der Waals surface area contributed by atoms with E-state index >= 15 is 0 Å². The van der Waals surface area contributed by atoms with Crippen molar-refractivity contribution in [2.75, 3.05) is 0 Å². The van der Waals surface area contributed by atoms with Crippen molar-refractivity contribution in [2.24, 2.45) is 5.73 Å². The van der Waals surface area contributed by atoms with Gasteiger partial charge in [0.15, 0.2) is 0 Å². The molecule has 0 fully saturated rings. The first-order chi connectivity index (χ1) is 9.60. The smallest absolute Gasteiger partial charge is 0.0865 e. The molecule has 1 aliphatic rings. The van der Waals surface area contributed by atoms with Crippen LogP contribution in [0, 0.1) is 6.92 Å². The molecule has 0 bridgehead atoms. The maximum atomic E-state index is 6.38. The van der Waals surface area contributed by atoms with Gasteiger partial charge in [0.2, 0.25) is 0 Å². The molecule has 0 saturated carbocycles. The van der Waals surface area contributed by atoms with Crippen molar-refractivity contribution in [2.45, 2.75) is 52.2 Å². The van der Waals surface area contributed by atoms with Crippen molar-refractivity contribution in [3.05, 3.63) is 39.9 Å². The van der Waals surface area contributed by atoms with Gasteiger partial charge in [-0.1, -0.05) is 11.6 Å². The number of aromatic nitrogens is 3. The number of nitrogens with zero attached hydrogens (tertiary/aromatic N) is 3. The number of aryl methyl sites for hydroxylation is 3. The van der Waals surface area contributed by atoms with E-state index in [2.05, 4.69) is 29.0 Å². The average Bonchev–Trinajstić information content (AvgIpc) is 2.96. The van der Waals surface area contributed by atoms with Gasteiger partial charge in [-0.2, -0.15) is 5.10 Å². The Morgan fingerprint density at radius 1 is 1.45 bits per heavy atom. The van der Waals surface area contributed by atoms with Gasteiger partial charge in [-0.05, 0) is 44.2 Å². The Hall–Kier alpha value is -1.26. The highest BCUT2D eigenvalue weighted by Gasteiger charge is 2.20. The van der Waals surface area contributed by atoms with Gasteiger partial charge in [-0.15, -0.1) is 0 Å². The van der Waals surface area contributed by atoms with Crippen LogP contribution in [-0.2, 0) is 19.5 Å². The summed E-state index contributed by atoms with van der Waals surface area (Å²) in [5, 5.41) is 5.25. The summed E-state index contributed by atoms with van der Waals surface area (Å²) in [5.41, 5.74) is 10.8. The minimum Gasteiger partial charge on any atom is -0.348 e. The van der Waals surface area contributed by atoms with Crippen LogP contribution in [0.15, 0.2) is 12.4 Å². The standard InChI is InChI=1S/C15H21ClN4/c1-3-20-14(15(16)10(2)18-20)9-19-7-11-5-4-6-13(17)12(11)8-19/h7-8,13H,3-6,9,17H2,1-2H3. The Labute approximate surface area is 124 Å². The molecule has 5 heteroatoms. The minimum atomic E-state index is 0.188. The Morgan fingerprint density at radius 3 is 2.95 bits per heavy atom. The van der Waals surface area contributed by atoms with Gasteiger partial charge in [-0.25, -0.2) is 0 Å². The Kier molecular flexibility index (Phi) is 3.61. The molecule has 108 valence electrons. The topological polar surface area (TPSA) is 48.8 Å². The number of hydrogen-bond acceptors (Lipinski definition) is 2. The summed E-state index contributed by atoms with van der Waals surface area (Å²) < 4.78 is 4.18. The highest BCUT2D eigenvalue weighted by Crippen LogP contribution is 2.29. The van der Waals surface area contributed by atoms with Crippen LogP contribution in [0.4, 0.5) is 0 Å². The zero-order valence-corrected chi connectivity index (χ0v) is 12.8. The van der Waals surface area contributed by atoms with Crippen LogP contribution in [0.3, 0.4) is 0 Å². The van der Waals surface area contributed by atoms with E-state index in [1.807, 2.05) is 11.6 Å². The third-order valence-corrected chi connectivity index (χ3v) is 4.63. The fraction of sp³-hybridized carbons (Fsp3) is 0.533. The summed E-state index contributed by atoms with van der Waals surface area (Å²) in [5.74, 6) is 0. The molecule has 0 aliphatic heterocycles. The molecule has 0 radical (unpaired) electrons. The van der Waals surface area contributed by atoms with E-state index in [0.29, 0.717) is 0 Å². The first-order valence-electron chi connectivity index (χ1n) is 7.26. The molecule has 4 nitrogen and oxygen atoms in total. The molecule has 0 saturated heterocycles. The quantitative estimate of drug-likeness (QED) is 0.945. The van der Waals surface area contributed by atoms with Gasteiger partial charge in [0.1, 0.15) is 0 Å². The maximum absolute atomic E-state index is 6.38. The monoisotopic (exact) mass is 292 g/mol. The summed E-state index contributed by atoms with van der Waals surface area (Å²) in [4.78, 5) is 0. The highest BCUT2D eigenvalue weighted by molar-refractivity contribution is 6.31. The van der Waals surface area contributed by atoms with E-state index in [9.17, 15) is 0 Å². The normalized spacial score (nSPS) is 18.3. The number of halogens is 1. The lowest BCUT2D eigenvalue weighted by atomic mass is 9.92. The number of rotatable bonds is 3. The van der Waals surface area contributed by atoms with Gasteiger partial charge in [-0.3, -0.25) is 4.68 Å². The summed E-state index contributed by atoms with van der Waals surface area (Å²) in [6, 6.07) is 0.188. The molecule has 2 aromatic heterocycles. The van der Waals surface area contributed by atoms with Crippen LogP contribution in [0.1, 0.15) is 48.3 Å². The second-order valence-electron chi connectivity index (χ2n) is 5.57. The molecule has 0 amide bonds. The van der Waals surface area contributed by atoms with Gasteiger partial charge in [0.05, 0.1) is 23.0 Å². The van der Waals surface area contributed by atoms with Crippen molar-refractivity contribution >= 4 is 11.6 Å². The van der Waals surface area contributed by atoms with E-state index < -0.39 is 0 Å². The molecular formula is C15H21ClN4. The summed E-state index contributed by atoms with van der Waals surface area (Å²) in [7, 11) is 0. The predicted molar refractivity (Wildman–Crippen MR) is 81.0 cm³/mol. The van der Waals surface area contributed by atoms with Crippen molar-refractivity contribution in [3.8, 4) is 0 Å². The lowest BCUT2D eigenvalue weighted by molar-refractivity contribution is 0.573. The third-order valence-electron chi connectivity index (χ3n) is 4.14. The molecule has 1 aliphatic carbocycles. The van der Waals surface area contributed by atoms with E-state index in [1.165, 1.54) is 17.5 Å². The molecule has 0 aromatic carbocycles. The van der Waals surface area contributed by atoms with Crippen LogP contribution in [0.25, 0.3) is 0 Å². The largest absolute Gasteiger partial charge is 0.348 e. The number of hydrogen-bond donors (Lipinski definition) is 1. The Morgan fingerprint density at radius 2 is 2.25 bits per heavy atom. The number of nitrogens with two attached hydrogens (primary N) is 1. The fourth-order valence-corrected chi connectivity index (χ4v) is 3.26. The van der Waals surface area contributed by atoms with Gasteiger partial charge >= 0.3 is 0 Å². The molecule has 1 atom stereocenters. The molecular weight excluding hydrogens is 272 g/mol. The van der Waals surface area contributed by atoms with E-state index in [0.717, 1.165) is 42.3 Å². The van der Waals surface area contributed by atoms with E-state index in [4.69, 9.17) is 17.3 Å². The predicted octanol–water partition coefficient (Wildman–Crippen LogP) is 3.05. The molecule has 20 heavy (non-hydrogen) atoms. The van der Waals surface area contributed by atoms with Crippen LogP contribution in [0.2, 0.25) is 5.02 Å². The van der Waals surface area contributed by atoms with Gasteiger partial charge in [0.25, 0.3) is 0 Å². The van der Waals surface area contributed by atoms with Crippen LogP contribution in [0.5, 0.6) is 0 Å². The average molecular weight is 293 g/mol. The Bertz CT molecular complexity index is 626. The first-order valence-corrected chi connectivity index (χ1v) is 7.63. The maximum Gasteiger partial charge on any atom is 0.0865 e. The van der Waals surface area contributed by atoms with Crippen molar-refractivity contribution in [3.63, 3.8) is 0 Å². The Balaban J connectivity index is 1.92. The van der Waals surface area contributed by atoms with Crippen LogP contribution >= 0.6 is 11.6 Å². The summed E-state index contributed by atoms with van der Waals surface area (Å²) in [6.07, 6.45) is 7.80. The van der Waals surface area contributed by atoms with Crippen LogP contribution in [-0.4, -0.2) is 14.3 Å². The van der Waals surface area contributed by atoms with E-state index in [1.54, 1.807) is 0 Å². The van der Waals surface area contributed by atoms with Crippen molar-refractivity contribution in [1.82, 2.24) is 14.3 Å². The highest BCUT2D eigenvalue weighted by atomic mass is 35.5. The second-order valence-corrected chi connectivity index (χ2v) is 5.95. The van der Waals surface area contributed by atoms with E-state index in [-0.39, 0.29) is 6.04 Å². The lowest BCUT2D eigenvalue weighted by Gasteiger charge is -2.17. The molecule has 3 rings (SSSR count).